The Hall–Kier alpha value is -1.43. The minimum absolute atomic E-state index is 0.234. The van der Waals surface area contributed by atoms with Crippen molar-refractivity contribution in [1.82, 2.24) is 15.0 Å². The summed E-state index contributed by atoms with van der Waals surface area (Å²) in [5.41, 5.74) is 0.851. The van der Waals surface area contributed by atoms with E-state index in [-0.39, 0.29) is 6.10 Å². The number of aliphatic hydroxyl groups is 1. The van der Waals surface area contributed by atoms with E-state index in [0.717, 1.165) is 18.5 Å². The first-order valence-electron chi connectivity index (χ1n) is 6.19. The monoisotopic (exact) mass is 279 g/mol. The maximum Gasteiger partial charge on any atom is 0.257 e. The molecule has 0 spiro atoms. The minimum atomic E-state index is -0.234. The molecule has 0 bridgehead atoms. The highest BCUT2D eigenvalue weighted by atomic mass is 35.5. The molecule has 0 amide bonds. The molecule has 0 aliphatic carbocycles. The summed E-state index contributed by atoms with van der Waals surface area (Å²) in [5, 5.41) is 14.1. The van der Waals surface area contributed by atoms with Crippen molar-refractivity contribution in [2.45, 2.75) is 19.1 Å². The Morgan fingerprint density at radius 3 is 2.84 bits per heavy atom. The molecule has 1 aliphatic heterocycles. The quantitative estimate of drug-likeness (QED) is 0.930. The van der Waals surface area contributed by atoms with Gasteiger partial charge in [0.05, 0.1) is 12.6 Å². The molecule has 1 atom stereocenters. The second kappa shape index (κ2) is 5.28. The average Bonchev–Trinajstić information content (AvgIpc) is 3.00. The lowest BCUT2D eigenvalue weighted by Gasteiger charge is -2.10. The maximum absolute atomic E-state index is 9.47. The molecule has 19 heavy (non-hydrogen) atoms. The number of benzene rings is 1. The molecule has 1 aliphatic rings. The van der Waals surface area contributed by atoms with Gasteiger partial charge in [-0.3, -0.25) is 4.90 Å². The second-order valence-corrected chi connectivity index (χ2v) is 5.14. The van der Waals surface area contributed by atoms with Crippen LogP contribution < -0.4 is 0 Å². The van der Waals surface area contributed by atoms with Gasteiger partial charge in [0, 0.05) is 23.7 Å². The zero-order valence-corrected chi connectivity index (χ0v) is 11.0. The fourth-order valence-electron chi connectivity index (χ4n) is 2.18. The molecule has 100 valence electrons. The van der Waals surface area contributed by atoms with Crippen LogP contribution in [0.3, 0.4) is 0 Å². The van der Waals surface area contributed by atoms with Gasteiger partial charge in [0.25, 0.3) is 5.89 Å². The molecule has 0 radical (unpaired) electrons. The van der Waals surface area contributed by atoms with E-state index in [1.807, 2.05) is 12.1 Å². The lowest BCUT2D eigenvalue weighted by Crippen LogP contribution is -2.22. The number of rotatable bonds is 3. The van der Waals surface area contributed by atoms with Crippen molar-refractivity contribution < 1.29 is 9.63 Å². The third kappa shape index (κ3) is 2.94. The van der Waals surface area contributed by atoms with Crippen LogP contribution >= 0.6 is 11.6 Å². The van der Waals surface area contributed by atoms with Gasteiger partial charge in [-0.25, -0.2) is 0 Å². The number of likely N-dealkylation sites (tertiary alicyclic amines) is 1. The van der Waals surface area contributed by atoms with Gasteiger partial charge in [-0.15, -0.1) is 0 Å². The van der Waals surface area contributed by atoms with Gasteiger partial charge in [-0.05, 0) is 30.7 Å². The highest BCUT2D eigenvalue weighted by Crippen LogP contribution is 2.20. The molecule has 1 N–H and O–H groups in total. The van der Waals surface area contributed by atoms with E-state index in [1.54, 1.807) is 12.1 Å². The lowest BCUT2D eigenvalue weighted by molar-refractivity contribution is 0.173. The number of nitrogens with zero attached hydrogens (tertiary/aromatic N) is 3. The summed E-state index contributed by atoms with van der Waals surface area (Å²) in [6.07, 6.45) is 0.574. The Labute approximate surface area is 115 Å². The highest BCUT2D eigenvalue weighted by Gasteiger charge is 2.21. The third-order valence-electron chi connectivity index (χ3n) is 3.17. The molecule has 0 saturated carbocycles. The molecule has 1 saturated heterocycles. The van der Waals surface area contributed by atoms with Gasteiger partial charge in [0.15, 0.2) is 5.82 Å². The largest absolute Gasteiger partial charge is 0.392 e. The Morgan fingerprint density at radius 1 is 1.37 bits per heavy atom. The van der Waals surface area contributed by atoms with Gasteiger partial charge >= 0.3 is 0 Å². The molecular weight excluding hydrogens is 266 g/mol. The van der Waals surface area contributed by atoms with Crippen molar-refractivity contribution in [1.29, 1.82) is 0 Å². The van der Waals surface area contributed by atoms with E-state index < -0.39 is 0 Å². The van der Waals surface area contributed by atoms with Crippen LogP contribution in [0.5, 0.6) is 0 Å². The van der Waals surface area contributed by atoms with Gasteiger partial charge < -0.3 is 9.63 Å². The van der Waals surface area contributed by atoms with Gasteiger partial charge in [0.2, 0.25) is 0 Å². The highest BCUT2D eigenvalue weighted by molar-refractivity contribution is 6.30. The standard InChI is InChI=1S/C13H14ClN3O2/c14-10-3-1-9(2-4-10)13-15-12(16-19-13)8-17-6-5-11(18)7-17/h1-4,11,18H,5-8H2. The molecule has 2 aromatic rings. The Kier molecular flexibility index (Phi) is 3.50. The van der Waals surface area contributed by atoms with E-state index >= 15 is 0 Å². The van der Waals surface area contributed by atoms with Crippen LogP contribution in [0.4, 0.5) is 0 Å². The fourth-order valence-corrected chi connectivity index (χ4v) is 2.31. The minimum Gasteiger partial charge on any atom is -0.392 e. The first-order valence-corrected chi connectivity index (χ1v) is 6.57. The molecule has 6 heteroatoms. The Balaban J connectivity index is 1.71. The molecular formula is C13H14ClN3O2. The summed E-state index contributed by atoms with van der Waals surface area (Å²) in [6, 6.07) is 7.27. The lowest BCUT2D eigenvalue weighted by atomic mass is 10.2. The molecule has 1 aromatic heterocycles. The number of aliphatic hydroxyl groups excluding tert-OH is 1. The van der Waals surface area contributed by atoms with Crippen molar-refractivity contribution in [3.8, 4) is 11.5 Å². The average molecular weight is 280 g/mol. The topological polar surface area (TPSA) is 62.4 Å². The number of hydrogen-bond donors (Lipinski definition) is 1. The zero-order valence-electron chi connectivity index (χ0n) is 10.3. The van der Waals surface area contributed by atoms with E-state index in [1.165, 1.54) is 0 Å². The first-order chi connectivity index (χ1) is 9.20. The summed E-state index contributed by atoms with van der Waals surface area (Å²) >= 11 is 5.83. The normalized spacial score (nSPS) is 20.0. The molecule has 5 nitrogen and oxygen atoms in total. The summed E-state index contributed by atoms with van der Waals surface area (Å²) in [5.74, 6) is 1.13. The van der Waals surface area contributed by atoms with E-state index in [0.29, 0.717) is 29.8 Å². The third-order valence-corrected chi connectivity index (χ3v) is 3.42. The van der Waals surface area contributed by atoms with Crippen molar-refractivity contribution >= 4 is 11.6 Å². The molecule has 2 heterocycles. The van der Waals surface area contributed by atoms with E-state index in [9.17, 15) is 5.11 Å². The molecule has 1 aromatic carbocycles. The summed E-state index contributed by atoms with van der Waals surface area (Å²) in [4.78, 5) is 6.47. The number of aromatic nitrogens is 2. The smallest absolute Gasteiger partial charge is 0.257 e. The number of β-amino-alcohol motifs (C(OH)–C–C–N with tert-alkyl or cyclic N) is 1. The van der Waals surface area contributed by atoms with Crippen LogP contribution in [0, 0.1) is 0 Å². The van der Waals surface area contributed by atoms with Gasteiger partial charge in [-0.2, -0.15) is 4.98 Å². The summed E-state index contributed by atoms with van der Waals surface area (Å²) < 4.78 is 5.23. The Morgan fingerprint density at radius 2 is 2.16 bits per heavy atom. The maximum atomic E-state index is 9.47. The predicted molar refractivity (Wildman–Crippen MR) is 70.6 cm³/mol. The second-order valence-electron chi connectivity index (χ2n) is 4.70. The molecule has 3 rings (SSSR count). The zero-order chi connectivity index (χ0) is 13.2. The van der Waals surface area contributed by atoms with Crippen LogP contribution in [0.1, 0.15) is 12.2 Å². The van der Waals surface area contributed by atoms with Crippen molar-refractivity contribution in [3.63, 3.8) is 0 Å². The summed E-state index contributed by atoms with van der Waals surface area (Å²) in [7, 11) is 0. The van der Waals surface area contributed by atoms with Crippen LogP contribution in [0.2, 0.25) is 5.02 Å². The van der Waals surface area contributed by atoms with Crippen molar-refractivity contribution in [2.75, 3.05) is 13.1 Å². The Bertz CT molecular complexity index is 555. The van der Waals surface area contributed by atoms with Crippen LogP contribution in [0.25, 0.3) is 11.5 Å². The molecule has 1 unspecified atom stereocenters. The van der Waals surface area contributed by atoms with Crippen LogP contribution in [0.15, 0.2) is 28.8 Å². The summed E-state index contributed by atoms with van der Waals surface area (Å²) in [6.45, 7) is 2.14. The van der Waals surface area contributed by atoms with Crippen molar-refractivity contribution in [3.05, 3.63) is 35.1 Å². The first kappa shape index (κ1) is 12.6. The van der Waals surface area contributed by atoms with Gasteiger partial charge in [-0.1, -0.05) is 16.8 Å². The number of halogens is 1. The molecule has 1 fully saturated rings. The fraction of sp³-hybridized carbons (Fsp3) is 0.385. The van der Waals surface area contributed by atoms with Crippen LogP contribution in [-0.2, 0) is 6.54 Å². The van der Waals surface area contributed by atoms with Crippen molar-refractivity contribution in [2.24, 2.45) is 0 Å². The number of hydrogen-bond acceptors (Lipinski definition) is 5. The van der Waals surface area contributed by atoms with Crippen LogP contribution in [-0.4, -0.2) is 39.3 Å². The van der Waals surface area contributed by atoms with Gasteiger partial charge in [0.1, 0.15) is 0 Å². The van der Waals surface area contributed by atoms with E-state index in [2.05, 4.69) is 15.0 Å². The van der Waals surface area contributed by atoms with E-state index in [4.69, 9.17) is 16.1 Å². The SMILES string of the molecule is OC1CCN(Cc2noc(-c3ccc(Cl)cc3)n2)C1. The predicted octanol–water partition coefficient (Wildman–Crippen LogP) is 1.96.